The molecule has 0 aliphatic carbocycles. The van der Waals surface area contributed by atoms with E-state index in [1.54, 1.807) is 0 Å². The van der Waals surface area contributed by atoms with Gasteiger partial charge in [0.15, 0.2) is 6.29 Å². The highest BCUT2D eigenvalue weighted by atomic mass is 16.7. The molecule has 1 amide bonds. The summed E-state index contributed by atoms with van der Waals surface area (Å²) in [6.07, 6.45) is 0.182. The number of carbonyl (C=O) groups is 3. The Morgan fingerprint density at radius 1 is 0.939 bits per heavy atom. The lowest BCUT2D eigenvalue weighted by Crippen LogP contribution is -2.48. The Morgan fingerprint density at radius 3 is 2.31 bits per heavy atom. The molecule has 3 aromatic rings. The molecular weight excluding hydrogens is 624 g/mol. The van der Waals surface area contributed by atoms with E-state index in [0.717, 1.165) is 52.8 Å². The maximum Gasteiger partial charge on any atom is 0.323 e. The van der Waals surface area contributed by atoms with Gasteiger partial charge in [-0.15, -0.1) is 0 Å². The number of aliphatic hydroxyl groups excluding tert-OH is 1. The number of carboxylic acids is 1. The third kappa shape index (κ3) is 9.54. The first-order chi connectivity index (χ1) is 23.4. The number of nitrogens with one attached hydrogen (secondary N) is 1. The maximum absolute atomic E-state index is 13.1. The minimum Gasteiger partial charge on any atom is -0.481 e. The summed E-state index contributed by atoms with van der Waals surface area (Å²) in [6.45, 7) is 9.36. The van der Waals surface area contributed by atoms with Gasteiger partial charge in [-0.05, 0) is 68.0 Å². The second-order valence-corrected chi connectivity index (χ2v) is 14.0. The first-order valence-corrected chi connectivity index (χ1v) is 17.1. The molecule has 49 heavy (non-hydrogen) atoms. The zero-order chi connectivity index (χ0) is 35.1. The average Bonchev–Trinajstić information content (AvgIpc) is 3.55. The van der Waals surface area contributed by atoms with Crippen LogP contribution in [0, 0.1) is 5.92 Å². The van der Waals surface area contributed by atoms with Gasteiger partial charge in [0, 0.05) is 31.0 Å². The van der Waals surface area contributed by atoms with Crippen molar-refractivity contribution in [1.82, 2.24) is 10.2 Å². The van der Waals surface area contributed by atoms with Crippen LogP contribution in [-0.2, 0) is 41.7 Å². The average molecular weight is 673 g/mol. The maximum atomic E-state index is 13.1. The molecule has 262 valence electrons. The van der Waals surface area contributed by atoms with Crippen LogP contribution in [0.4, 0.5) is 0 Å². The van der Waals surface area contributed by atoms with Crippen LogP contribution in [-0.4, -0.2) is 63.8 Å². The number of ether oxygens (including phenoxy) is 3. The lowest BCUT2D eigenvalue weighted by Gasteiger charge is -2.43. The predicted octanol–water partition coefficient (Wildman–Crippen LogP) is 5.92. The van der Waals surface area contributed by atoms with Crippen LogP contribution in [0.3, 0.4) is 0 Å². The fourth-order valence-electron chi connectivity index (χ4n) is 6.52. The summed E-state index contributed by atoms with van der Waals surface area (Å²) >= 11 is 0. The smallest absolute Gasteiger partial charge is 0.323 e. The largest absolute Gasteiger partial charge is 0.481 e. The van der Waals surface area contributed by atoms with E-state index in [-0.39, 0.29) is 62.0 Å². The highest BCUT2D eigenvalue weighted by Crippen LogP contribution is 2.42. The Bertz CT molecular complexity index is 1580. The summed E-state index contributed by atoms with van der Waals surface area (Å²) in [5, 5.41) is 21.3. The van der Waals surface area contributed by atoms with E-state index in [4.69, 9.17) is 19.3 Å². The van der Waals surface area contributed by atoms with Crippen molar-refractivity contribution in [3.8, 4) is 11.1 Å². The van der Waals surface area contributed by atoms with Gasteiger partial charge in [0.05, 0.1) is 25.2 Å². The van der Waals surface area contributed by atoms with Crippen LogP contribution < -0.4 is 5.32 Å². The normalized spacial score (nSPS) is 22.8. The summed E-state index contributed by atoms with van der Waals surface area (Å²) in [4.78, 5) is 38.3. The number of esters is 1. The van der Waals surface area contributed by atoms with Gasteiger partial charge in [0.25, 0.3) is 0 Å². The van der Waals surface area contributed by atoms with Gasteiger partial charge in [-0.25, -0.2) is 0 Å². The number of hydrogen-bond donors (Lipinski definition) is 3. The van der Waals surface area contributed by atoms with E-state index >= 15 is 0 Å². The molecule has 10 heteroatoms. The number of likely N-dealkylation sites (tertiary alicyclic amines) is 1. The zero-order valence-electron chi connectivity index (χ0n) is 28.8. The van der Waals surface area contributed by atoms with Crippen molar-refractivity contribution < 1.29 is 38.8 Å². The van der Waals surface area contributed by atoms with Gasteiger partial charge in [-0.3, -0.25) is 19.3 Å². The van der Waals surface area contributed by atoms with Crippen molar-refractivity contribution in [3.63, 3.8) is 0 Å². The Hall–Kier alpha value is -4.09. The van der Waals surface area contributed by atoms with Crippen molar-refractivity contribution in [3.05, 3.63) is 95.1 Å². The standard InChI is InChI=1S/C39H48N2O8/c1-25-33(23-41-21-7-10-32(41)37(46)49-39(2,3)4)47-38(48-36(25)28-13-11-26(24-42)12-14-28)29-17-15-27(16-18-29)31-9-6-5-8-30(31)22-40-34(43)19-20-35(44)45/h5-6,8-9,11-18,25,32-33,36,38,42H,7,10,19-24H2,1-4H3,(H,40,43)(H,44,45)/t25-,32+,33+,36+,38+/m1/s1. The molecule has 2 saturated heterocycles. The molecule has 3 aromatic carbocycles. The number of amides is 1. The molecule has 0 aromatic heterocycles. The quantitative estimate of drug-likeness (QED) is 0.200. The first kappa shape index (κ1) is 36.2. The SMILES string of the molecule is C[C@@H]1[C@H](CN2CCC[C@H]2C(=O)OC(C)(C)C)O[C@H](c2ccc(-c3ccccc3CNC(=O)CCC(=O)O)cc2)O[C@@H]1c1ccc(CO)cc1. The fourth-order valence-corrected chi connectivity index (χ4v) is 6.52. The number of rotatable bonds is 12. The third-order valence-corrected chi connectivity index (χ3v) is 9.13. The molecule has 5 rings (SSSR count). The highest BCUT2D eigenvalue weighted by Gasteiger charge is 2.42. The van der Waals surface area contributed by atoms with E-state index in [0.29, 0.717) is 6.54 Å². The van der Waals surface area contributed by atoms with E-state index in [2.05, 4.69) is 17.1 Å². The van der Waals surface area contributed by atoms with Crippen molar-refractivity contribution in [2.75, 3.05) is 13.1 Å². The number of aliphatic carboxylic acids is 1. The topological polar surface area (TPSA) is 135 Å². The first-order valence-electron chi connectivity index (χ1n) is 17.1. The molecule has 0 unspecified atom stereocenters. The van der Waals surface area contributed by atoms with Crippen LogP contribution in [0.15, 0.2) is 72.8 Å². The van der Waals surface area contributed by atoms with Crippen LogP contribution in [0.1, 0.15) is 88.0 Å². The molecule has 10 nitrogen and oxygen atoms in total. The summed E-state index contributed by atoms with van der Waals surface area (Å²) in [6, 6.07) is 23.2. The second-order valence-electron chi connectivity index (χ2n) is 14.0. The highest BCUT2D eigenvalue weighted by molar-refractivity contribution is 5.81. The Morgan fingerprint density at radius 2 is 1.63 bits per heavy atom. The van der Waals surface area contributed by atoms with Crippen molar-refractivity contribution in [2.24, 2.45) is 5.92 Å². The summed E-state index contributed by atoms with van der Waals surface area (Å²) < 4.78 is 19.1. The molecule has 0 saturated carbocycles. The van der Waals surface area contributed by atoms with Gasteiger partial charge in [0.1, 0.15) is 11.6 Å². The van der Waals surface area contributed by atoms with Gasteiger partial charge < -0.3 is 29.7 Å². The van der Waals surface area contributed by atoms with E-state index in [1.807, 2.05) is 93.6 Å². The minimum absolute atomic E-state index is 0.0343. The zero-order valence-corrected chi connectivity index (χ0v) is 28.8. The summed E-state index contributed by atoms with van der Waals surface area (Å²) in [5.41, 5.74) is 4.92. The summed E-state index contributed by atoms with van der Waals surface area (Å²) in [5.74, 6) is -1.55. The predicted molar refractivity (Wildman–Crippen MR) is 184 cm³/mol. The second kappa shape index (κ2) is 16.1. The number of carboxylic acid groups (broad SMARTS) is 1. The molecular formula is C39H48N2O8. The Balaban J connectivity index is 1.36. The van der Waals surface area contributed by atoms with Crippen LogP contribution >= 0.6 is 0 Å². The van der Waals surface area contributed by atoms with Crippen LogP contribution in [0.5, 0.6) is 0 Å². The van der Waals surface area contributed by atoms with Crippen molar-refractivity contribution >= 4 is 17.8 Å². The number of nitrogens with zero attached hydrogens (tertiary/aromatic N) is 1. The number of hydrogen-bond acceptors (Lipinski definition) is 8. The lowest BCUT2D eigenvalue weighted by atomic mass is 9.89. The molecule has 0 radical (unpaired) electrons. The molecule has 3 N–H and O–H groups in total. The Labute approximate surface area is 288 Å². The van der Waals surface area contributed by atoms with Gasteiger partial charge in [0.2, 0.25) is 5.91 Å². The van der Waals surface area contributed by atoms with Crippen molar-refractivity contribution in [1.29, 1.82) is 0 Å². The molecule has 0 bridgehead atoms. The molecule has 2 fully saturated rings. The monoisotopic (exact) mass is 672 g/mol. The minimum atomic E-state index is -1.01. The molecule has 2 aliphatic heterocycles. The molecule has 0 spiro atoms. The molecule has 2 heterocycles. The summed E-state index contributed by atoms with van der Waals surface area (Å²) in [7, 11) is 0. The fraction of sp³-hybridized carbons (Fsp3) is 0.462. The van der Waals surface area contributed by atoms with Crippen LogP contribution in [0.2, 0.25) is 0 Å². The van der Waals surface area contributed by atoms with Crippen molar-refractivity contribution in [2.45, 2.75) is 96.7 Å². The molecule has 5 atom stereocenters. The lowest BCUT2D eigenvalue weighted by molar-refractivity contribution is -0.276. The van der Waals surface area contributed by atoms with Gasteiger partial charge >= 0.3 is 11.9 Å². The van der Waals surface area contributed by atoms with Gasteiger partial charge in [-0.1, -0.05) is 79.7 Å². The third-order valence-electron chi connectivity index (χ3n) is 9.13. The number of aliphatic hydroxyl groups is 1. The van der Waals surface area contributed by atoms with Gasteiger partial charge in [-0.2, -0.15) is 0 Å². The van der Waals surface area contributed by atoms with E-state index in [9.17, 15) is 19.5 Å². The van der Waals surface area contributed by atoms with E-state index in [1.165, 1.54) is 0 Å². The number of benzene rings is 3. The van der Waals surface area contributed by atoms with E-state index < -0.39 is 17.9 Å². The Kier molecular flexibility index (Phi) is 11.9. The van der Waals surface area contributed by atoms with Crippen LogP contribution in [0.25, 0.3) is 11.1 Å². The number of carbonyl (C=O) groups excluding carboxylic acids is 2. The molecule has 2 aliphatic rings.